The van der Waals surface area contributed by atoms with E-state index in [1.807, 2.05) is 0 Å². The normalized spacial score (nSPS) is 12.5. The summed E-state index contributed by atoms with van der Waals surface area (Å²) in [6.07, 6.45) is 19.3. The molecule has 0 aliphatic rings. The Balaban J connectivity index is 3.60. The first-order chi connectivity index (χ1) is 12.0. The minimum Gasteiger partial charge on any atom is -0.478 e. The summed E-state index contributed by atoms with van der Waals surface area (Å²) < 4.78 is 0. The second-order valence-electron chi connectivity index (χ2n) is 8.13. The lowest BCUT2D eigenvalue weighted by Crippen LogP contribution is -2.09. The highest BCUT2D eigenvalue weighted by molar-refractivity contribution is 5.85. The molecule has 0 fully saturated rings. The van der Waals surface area contributed by atoms with Gasteiger partial charge in [0, 0.05) is 5.57 Å². The summed E-state index contributed by atoms with van der Waals surface area (Å²) in [6, 6.07) is 0. The van der Waals surface area contributed by atoms with E-state index < -0.39 is 5.97 Å². The number of carboxylic acid groups (broad SMARTS) is 1. The summed E-state index contributed by atoms with van der Waals surface area (Å²) in [7, 11) is 0. The van der Waals surface area contributed by atoms with Crippen LogP contribution >= 0.6 is 0 Å². The van der Waals surface area contributed by atoms with E-state index in [4.69, 9.17) is 5.11 Å². The van der Waals surface area contributed by atoms with Crippen molar-refractivity contribution in [3.63, 3.8) is 0 Å². The van der Waals surface area contributed by atoms with E-state index in [1.54, 1.807) is 0 Å². The van der Waals surface area contributed by atoms with Crippen molar-refractivity contribution in [3.8, 4) is 0 Å². The van der Waals surface area contributed by atoms with E-state index in [1.165, 1.54) is 77.0 Å². The number of carbonyl (C=O) groups is 1. The Morgan fingerprint density at radius 2 is 1.24 bits per heavy atom. The molecule has 0 rings (SSSR count). The molecule has 0 aliphatic heterocycles. The smallest absolute Gasteiger partial charge is 0.330 e. The molecule has 0 bridgehead atoms. The maximum Gasteiger partial charge on any atom is 0.330 e. The Morgan fingerprint density at radius 1 is 0.800 bits per heavy atom. The van der Waals surface area contributed by atoms with Crippen LogP contribution in [-0.2, 0) is 4.79 Å². The summed E-state index contributed by atoms with van der Waals surface area (Å²) in [4.78, 5) is 10.8. The molecule has 0 heterocycles. The molecule has 148 valence electrons. The number of hydrogen-bond acceptors (Lipinski definition) is 1. The first-order valence-electron chi connectivity index (χ1n) is 10.9. The molecule has 0 spiro atoms. The van der Waals surface area contributed by atoms with Crippen LogP contribution in [-0.4, -0.2) is 11.1 Å². The van der Waals surface area contributed by atoms with Crippen LogP contribution in [0.25, 0.3) is 0 Å². The number of carboxylic acids is 1. The van der Waals surface area contributed by atoms with Crippen molar-refractivity contribution in [2.75, 3.05) is 0 Å². The molecule has 2 heteroatoms. The monoisotopic (exact) mass is 352 g/mol. The van der Waals surface area contributed by atoms with Crippen molar-refractivity contribution in [2.45, 2.75) is 117 Å². The summed E-state index contributed by atoms with van der Waals surface area (Å²) in [5.41, 5.74) is 0.357. The SMILES string of the molecule is C=C(CCCCC(CCCCCCCCCCCC)C(C)C)C(=O)O. The van der Waals surface area contributed by atoms with E-state index in [2.05, 4.69) is 27.4 Å². The minimum atomic E-state index is -0.842. The molecule has 0 aromatic carbocycles. The van der Waals surface area contributed by atoms with Crippen molar-refractivity contribution in [1.82, 2.24) is 0 Å². The Bertz CT molecular complexity index is 333. The zero-order chi connectivity index (χ0) is 18.9. The number of hydrogen-bond donors (Lipinski definition) is 1. The van der Waals surface area contributed by atoms with Gasteiger partial charge in [0.15, 0.2) is 0 Å². The highest BCUT2D eigenvalue weighted by Crippen LogP contribution is 2.25. The van der Waals surface area contributed by atoms with Crippen LogP contribution < -0.4 is 0 Å². The van der Waals surface area contributed by atoms with E-state index in [0.29, 0.717) is 12.0 Å². The number of aliphatic carboxylic acids is 1. The average Bonchev–Trinajstić information content (AvgIpc) is 2.57. The second-order valence-corrected chi connectivity index (χ2v) is 8.13. The van der Waals surface area contributed by atoms with Crippen LogP contribution in [0.3, 0.4) is 0 Å². The molecule has 0 aliphatic carbocycles. The lowest BCUT2D eigenvalue weighted by atomic mass is 9.85. The van der Waals surface area contributed by atoms with Gasteiger partial charge in [0.1, 0.15) is 0 Å². The fraction of sp³-hybridized carbons (Fsp3) is 0.870. The van der Waals surface area contributed by atoms with Crippen LogP contribution in [0, 0.1) is 11.8 Å². The van der Waals surface area contributed by atoms with E-state index in [9.17, 15) is 4.79 Å². The molecule has 0 aromatic rings. The van der Waals surface area contributed by atoms with Gasteiger partial charge in [-0.15, -0.1) is 0 Å². The lowest BCUT2D eigenvalue weighted by molar-refractivity contribution is -0.132. The molecule has 0 radical (unpaired) electrons. The van der Waals surface area contributed by atoms with E-state index in [-0.39, 0.29) is 0 Å². The van der Waals surface area contributed by atoms with Crippen LogP contribution in [0.1, 0.15) is 117 Å². The molecule has 0 saturated carbocycles. The first-order valence-corrected chi connectivity index (χ1v) is 10.9. The first kappa shape index (κ1) is 24.2. The van der Waals surface area contributed by atoms with Gasteiger partial charge in [-0.1, -0.05) is 111 Å². The van der Waals surface area contributed by atoms with Crippen molar-refractivity contribution in [2.24, 2.45) is 11.8 Å². The molecule has 1 atom stereocenters. The topological polar surface area (TPSA) is 37.3 Å². The second kappa shape index (κ2) is 16.7. The van der Waals surface area contributed by atoms with Gasteiger partial charge in [-0.25, -0.2) is 4.79 Å². The maximum absolute atomic E-state index is 10.8. The number of unbranched alkanes of at least 4 members (excludes halogenated alkanes) is 10. The Morgan fingerprint density at radius 3 is 1.68 bits per heavy atom. The van der Waals surface area contributed by atoms with Crippen molar-refractivity contribution in [3.05, 3.63) is 12.2 Å². The van der Waals surface area contributed by atoms with Gasteiger partial charge in [-0.2, -0.15) is 0 Å². The molecule has 0 saturated heterocycles. The summed E-state index contributed by atoms with van der Waals surface area (Å²) in [6.45, 7) is 10.5. The Hall–Kier alpha value is -0.790. The van der Waals surface area contributed by atoms with Gasteiger partial charge in [0.25, 0.3) is 0 Å². The summed E-state index contributed by atoms with van der Waals surface area (Å²) in [5.74, 6) is 0.694. The van der Waals surface area contributed by atoms with E-state index in [0.717, 1.165) is 24.7 Å². The Kier molecular flexibility index (Phi) is 16.1. The van der Waals surface area contributed by atoms with Crippen LogP contribution in [0.15, 0.2) is 12.2 Å². The fourth-order valence-corrected chi connectivity index (χ4v) is 3.56. The molecular formula is C23H44O2. The predicted molar refractivity (Wildman–Crippen MR) is 110 cm³/mol. The third-order valence-electron chi connectivity index (χ3n) is 5.48. The predicted octanol–water partition coefficient (Wildman–Crippen LogP) is 7.77. The third kappa shape index (κ3) is 15.2. The zero-order valence-corrected chi connectivity index (χ0v) is 17.3. The van der Waals surface area contributed by atoms with Crippen molar-refractivity contribution in [1.29, 1.82) is 0 Å². The average molecular weight is 353 g/mol. The molecule has 2 nitrogen and oxygen atoms in total. The highest BCUT2D eigenvalue weighted by atomic mass is 16.4. The molecule has 1 unspecified atom stereocenters. The summed E-state index contributed by atoms with van der Waals surface area (Å²) >= 11 is 0. The van der Waals surface area contributed by atoms with Crippen LogP contribution in [0.5, 0.6) is 0 Å². The van der Waals surface area contributed by atoms with Gasteiger partial charge in [0.2, 0.25) is 0 Å². The van der Waals surface area contributed by atoms with Gasteiger partial charge < -0.3 is 5.11 Å². The molecule has 0 amide bonds. The fourth-order valence-electron chi connectivity index (χ4n) is 3.56. The van der Waals surface area contributed by atoms with Crippen molar-refractivity contribution >= 4 is 5.97 Å². The Labute approximate surface area is 157 Å². The van der Waals surface area contributed by atoms with Crippen LogP contribution in [0.2, 0.25) is 0 Å². The third-order valence-corrected chi connectivity index (χ3v) is 5.48. The molecule has 1 N–H and O–H groups in total. The van der Waals surface area contributed by atoms with Crippen LogP contribution in [0.4, 0.5) is 0 Å². The minimum absolute atomic E-state index is 0.357. The van der Waals surface area contributed by atoms with Crippen molar-refractivity contribution < 1.29 is 9.90 Å². The van der Waals surface area contributed by atoms with E-state index >= 15 is 0 Å². The van der Waals surface area contributed by atoms with Gasteiger partial charge in [-0.05, 0) is 24.7 Å². The quantitative estimate of drug-likeness (QED) is 0.202. The molecular weight excluding hydrogens is 308 g/mol. The lowest BCUT2D eigenvalue weighted by Gasteiger charge is -2.20. The van der Waals surface area contributed by atoms with Gasteiger partial charge in [-0.3, -0.25) is 0 Å². The van der Waals surface area contributed by atoms with Gasteiger partial charge in [0.05, 0.1) is 0 Å². The molecule has 25 heavy (non-hydrogen) atoms. The summed E-state index contributed by atoms with van der Waals surface area (Å²) in [5, 5.41) is 8.84. The number of rotatable bonds is 18. The maximum atomic E-state index is 10.8. The van der Waals surface area contributed by atoms with Gasteiger partial charge >= 0.3 is 5.97 Å². The largest absolute Gasteiger partial charge is 0.478 e. The zero-order valence-electron chi connectivity index (χ0n) is 17.3. The highest BCUT2D eigenvalue weighted by Gasteiger charge is 2.13. The molecule has 0 aromatic heterocycles. The standard InChI is InChI=1S/C23H44O2/c1-5-6-7-8-9-10-11-12-13-14-18-22(20(2)3)19-16-15-17-21(4)23(24)25/h20,22H,4-19H2,1-3H3,(H,24,25).